The third-order valence-corrected chi connectivity index (χ3v) is 6.60. The molecule has 0 bridgehead atoms. The lowest BCUT2D eigenvalue weighted by molar-refractivity contribution is -0.133. The molecule has 2 aliphatic heterocycles. The SMILES string of the molecule is CS(=O)(=O)c1ccc(C2=C(c3ccc(N4CCCC4)c(Cl)c3)C(=O)OC2)cc1. The zero-order valence-electron chi connectivity index (χ0n) is 15.4. The summed E-state index contributed by atoms with van der Waals surface area (Å²) >= 11 is 6.52. The van der Waals surface area contributed by atoms with E-state index in [0.29, 0.717) is 16.2 Å². The fourth-order valence-corrected chi connectivity index (χ4v) is 4.64. The molecule has 2 aromatic carbocycles. The fourth-order valence-electron chi connectivity index (χ4n) is 3.71. The van der Waals surface area contributed by atoms with Crippen molar-refractivity contribution in [3.63, 3.8) is 0 Å². The summed E-state index contributed by atoms with van der Waals surface area (Å²) in [6, 6.07) is 12.1. The van der Waals surface area contributed by atoms with Gasteiger partial charge in [0.05, 0.1) is 21.2 Å². The standard InChI is InChI=1S/C21H20ClNO4S/c1-28(25,26)16-7-4-14(5-8-16)17-13-27-21(24)20(17)15-6-9-19(18(22)12-15)23-10-2-3-11-23/h4-9,12H,2-3,10-11,13H2,1H3. The van der Waals surface area contributed by atoms with Gasteiger partial charge in [-0.05, 0) is 48.2 Å². The molecule has 2 heterocycles. The maximum Gasteiger partial charge on any atom is 0.339 e. The molecule has 0 unspecified atom stereocenters. The minimum atomic E-state index is -3.27. The minimum Gasteiger partial charge on any atom is -0.457 e. The first-order chi connectivity index (χ1) is 13.3. The van der Waals surface area contributed by atoms with E-state index >= 15 is 0 Å². The van der Waals surface area contributed by atoms with Gasteiger partial charge < -0.3 is 9.64 Å². The van der Waals surface area contributed by atoms with Gasteiger partial charge in [-0.15, -0.1) is 0 Å². The van der Waals surface area contributed by atoms with Crippen molar-refractivity contribution in [2.24, 2.45) is 0 Å². The van der Waals surface area contributed by atoms with E-state index in [1.807, 2.05) is 18.2 Å². The number of carbonyl (C=O) groups is 1. The van der Waals surface area contributed by atoms with Crippen LogP contribution < -0.4 is 4.90 Å². The normalized spacial score (nSPS) is 17.4. The smallest absolute Gasteiger partial charge is 0.339 e. The lowest BCUT2D eigenvalue weighted by Gasteiger charge is -2.19. The van der Waals surface area contributed by atoms with Crippen molar-refractivity contribution < 1.29 is 17.9 Å². The van der Waals surface area contributed by atoms with Crippen molar-refractivity contribution in [1.82, 2.24) is 0 Å². The van der Waals surface area contributed by atoms with Crippen LogP contribution >= 0.6 is 11.6 Å². The molecule has 7 heteroatoms. The van der Waals surface area contributed by atoms with Gasteiger partial charge >= 0.3 is 5.97 Å². The Hall–Kier alpha value is -2.31. The van der Waals surface area contributed by atoms with E-state index in [1.54, 1.807) is 24.3 Å². The molecule has 4 rings (SSSR count). The van der Waals surface area contributed by atoms with E-state index in [2.05, 4.69) is 4.90 Å². The predicted molar refractivity (Wildman–Crippen MR) is 110 cm³/mol. The van der Waals surface area contributed by atoms with Gasteiger partial charge in [-0.3, -0.25) is 0 Å². The van der Waals surface area contributed by atoms with Crippen LogP contribution in [-0.2, 0) is 19.4 Å². The Morgan fingerprint density at radius 3 is 2.25 bits per heavy atom. The molecular weight excluding hydrogens is 398 g/mol. The molecule has 0 N–H and O–H groups in total. The first-order valence-electron chi connectivity index (χ1n) is 9.10. The Morgan fingerprint density at radius 1 is 1.00 bits per heavy atom. The number of rotatable bonds is 4. The summed E-state index contributed by atoms with van der Waals surface area (Å²) in [4.78, 5) is 14.9. The van der Waals surface area contributed by atoms with E-state index in [0.717, 1.165) is 42.8 Å². The van der Waals surface area contributed by atoms with E-state index in [4.69, 9.17) is 16.3 Å². The van der Waals surface area contributed by atoms with Crippen LogP contribution in [0.5, 0.6) is 0 Å². The highest BCUT2D eigenvalue weighted by atomic mass is 35.5. The number of hydrogen-bond acceptors (Lipinski definition) is 5. The van der Waals surface area contributed by atoms with Gasteiger partial charge in [-0.1, -0.05) is 29.8 Å². The number of benzene rings is 2. The number of carbonyl (C=O) groups excluding carboxylic acids is 1. The minimum absolute atomic E-state index is 0.151. The third kappa shape index (κ3) is 3.54. The van der Waals surface area contributed by atoms with E-state index in [-0.39, 0.29) is 11.5 Å². The van der Waals surface area contributed by atoms with Crippen molar-refractivity contribution in [3.8, 4) is 0 Å². The lowest BCUT2D eigenvalue weighted by Crippen LogP contribution is -2.18. The second kappa shape index (κ2) is 7.26. The van der Waals surface area contributed by atoms with Crippen LogP contribution in [-0.4, -0.2) is 40.3 Å². The molecule has 0 spiro atoms. The molecule has 146 valence electrons. The maximum atomic E-state index is 12.4. The molecule has 28 heavy (non-hydrogen) atoms. The molecule has 2 aliphatic rings. The third-order valence-electron chi connectivity index (χ3n) is 5.17. The Labute approximate surface area is 169 Å². The summed E-state index contributed by atoms with van der Waals surface area (Å²) in [5.41, 5.74) is 3.65. The molecule has 0 aromatic heterocycles. The largest absolute Gasteiger partial charge is 0.457 e. The van der Waals surface area contributed by atoms with Crippen molar-refractivity contribution in [2.45, 2.75) is 17.7 Å². The van der Waals surface area contributed by atoms with Crippen molar-refractivity contribution in [3.05, 3.63) is 58.6 Å². The first-order valence-corrected chi connectivity index (χ1v) is 11.4. The van der Waals surface area contributed by atoms with Gasteiger partial charge in [0.2, 0.25) is 0 Å². The summed E-state index contributed by atoms with van der Waals surface area (Å²) in [6.45, 7) is 2.13. The van der Waals surface area contributed by atoms with Crippen LogP contribution in [0.15, 0.2) is 47.4 Å². The number of sulfone groups is 1. The van der Waals surface area contributed by atoms with E-state index in [9.17, 15) is 13.2 Å². The van der Waals surface area contributed by atoms with E-state index < -0.39 is 15.8 Å². The molecule has 5 nitrogen and oxygen atoms in total. The Bertz CT molecular complexity index is 1070. The van der Waals surface area contributed by atoms with Gasteiger partial charge in [-0.2, -0.15) is 0 Å². The van der Waals surface area contributed by atoms with Gasteiger partial charge in [-0.25, -0.2) is 13.2 Å². The van der Waals surface area contributed by atoms with Gasteiger partial charge in [0.15, 0.2) is 9.84 Å². The zero-order chi connectivity index (χ0) is 19.9. The van der Waals surface area contributed by atoms with Crippen molar-refractivity contribution in [2.75, 3.05) is 30.9 Å². The summed E-state index contributed by atoms with van der Waals surface area (Å²) in [5, 5.41) is 0.610. The predicted octanol–water partition coefficient (Wildman–Crippen LogP) is 3.81. The monoisotopic (exact) mass is 417 g/mol. The van der Waals surface area contributed by atoms with Gasteiger partial charge in [0.1, 0.15) is 6.61 Å². The van der Waals surface area contributed by atoms with Crippen LogP contribution in [0.1, 0.15) is 24.0 Å². The molecule has 0 aliphatic carbocycles. The second-order valence-corrected chi connectivity index (χ2v) is 9.51. The molecule has 1 fully saturated rings. The second-order valence-electron chi connectivity index (χ2n) is 7.09. The summed E-state index contributed by atoms with van der Waals surface area (Å²) in [7, 11) is -3.27. The Kier molecular flexibility index (Phi) is 4.93. The number of anilines is 1. The highest BCUT2D eigenvalue weighted by Crippen LogP contribution is 2.37. The molecule has 0 amide bonds. The topological polar surface area (TPSA) is 63.7 Å². The van der Waals surface area contributed by atoms with Crippen molar-refractivity contribution in [1.29, 1.82) is 0 Å². The van der Waals surface area contributed by atoms with Gasteiger partial charge in [0, 0.05) is 24.9 Å². The summed E-state index contributed by atoms with van der Waals surface area (Å²) in [6.07, 6.45) is 3.48. The molecule has 0 atom stereocenters. The average Bonchev–Trinajstić information content (AvgIpc) is 3.31. The number of halogens is 1. The first kappa shape index (κ1) is 19.0. The Morgan fingerprint density at radius 2 is 1.64 bits per heavy atom. The molecular formula is C21H20ClNO4S. The molecule has 2 aromatic rings. The summed E-state index contributed by atoms with van der Waals surface area (Å²) in [5.74, 6) is -0.396. The van der Waals surface area contributed by atoms with Crippen LogP contribution in [0.4, 0.5) is 5.69 Å². The van der Waals surface area contributed by atoms with E-state index in [1.165, 1.54) is 6.26 Å². The molecule has 0 saturated carbocycles. The lowest BCUT2D eigenvalue weighted by atomic mass is 9.96. The number of esters is 1. The van der Waals surface area contributed by atoms with Gasteiger partial charge in [0.25, 0.3) is 0 Å². The summed E-state index contributed by atoms with van der Waals surface area (Å²) < 4.78 is 28.6. The average molecular weight is 418 g/mol. The number of hydrogen-bond donors (Lipinski definition) is 0. The Balaban J connectivity index is 1.73. The quantitative estimate of drug-likeness (QED) is 0.708. The molecule has 0 radical (unpaired) electrons. The van der Waals surface area contributed by atoms with Crippen LogP contribution in [0, 0.1) is 0 Å². The van der Waals surface area contributed by atoms with Crippen LogP contribution in [0.25, 0.3) is 11.1 Å². The number of ether oxygens (including phenoxy) is 1. The molecule has 1 saturated heterocycles. The number of nitrogens with zero attached hydrogens (tertiary/aromatic N) is 1. The highest BCUT2D eigenvalue weighted by Gasteiger charge is 2.28. The maximum absolute atomic E-state index is 12.4. The fraction of sp³-hybridized carbons (Fsp3) is 0.286. The van der Waals surface area contributed by atoms with Crippen molar-refractivity contribution >= 4 is 44.2 Å². The zero-order valence-corrected chi connectivity index (χ0v) is 17.0. The highest BCUT2D eigenvalue weighted by molar-refractivity contribution is 7.90. The van der Waals surface area contributed by atoms with Crippen LogP contribution in [0.3, 0.4) is 0 Å². The van der Waals surface area contributed by atoms with Crippen LogP contribution in [0.2, 0.25) is 5.02 Å². The number of cyclic esters (lactones) is 1.